The molecule has 0 aromatic heterocycles. The van der Waals surface area contributed by atoms with Gasteiger partial charge in [0, 0.05) is 30.1 Å². The Labute approximate surface area is 399 Å². The van der Waals surface area contributed by atoms with Crippen molar-refractivity contribution in [2.24, 2.45) is 41.4 Å². The predicted octanol–water partition coefficient (Wildman–Crippen LogP) is 2.65. The van der Waals surface area contributed by atoms with Gasteiger partial charge < -0.3 is 53.5 Å². The topological polar surface area (TPSA) is 220 Å². The van der Waals surface area contributed by atoms with E-state index in [0.717, 1.165) is 0 Å². The molecule has 0 aromatic carbocycles. The second-order valence-corrected chi connectivity index (χ2v) is 20.0. The summed E-state index contributed by atoms with van der Waals surface area (Å²) in [6.45, 7) is 18.3. The van der Waals surface area contributed by atoms with E-state index in [9.17, 15) is 39.3 Å². The molecule has 5 heterocycles. The summed E-state index contributed by atoms with van der Waals surface area (Å²) < 4.78 is 55.8. The van der Waals surface area contributed by atoms with Gasteiger partial charge in [0.15, 0.2) is 12.6 Å². The maximum atomic E-state index is 14.9. The molecule has 4 N–H and O–H groups in total. The molecule has 3 unspecified atom stereocenters. The number of aliphatic carboxylic acids is 1. The molecule has 0 bridgehead atoms. The Morgan fingerprint density at radius 3 is 2.20 bits per heavy atom. The molecule has 0 amide bonds. The van der Waals surface area contributed by atoms with Crippen LogP contribution in [0.2, 0.25) is 0 Å². The SMILES string of the molecule is CCC(C(=O)[C@H](C)[C@H](OCOP(=O)([O-])O)[C@@H](C)[C@H]1OC([C@H](CC)C(=O)O)CC[C@H]1C)[C@H]1O[C@@]2(C=C[C@@H](O)[C@@]3(CC[C@@](C)([C@H]4CC[C@](O)(CC)[C@H](C)O4)O3)O2)[C@H](C)C[C@@H]1C.[K+]. The second-order valence-electron chi connectivity index (χ2n) is 18.8. The van der Waals surface area contributed by atoms with Gasteiger partial charge in [0.1, 0.15) is 11.9 Å². The molecular weight excluding hydrogens is 827 g/mol. The number of ether oxygens (including phenoxy) is 6. The normalized spacial score (nSPS) is 43.1. The van der Waals surface area contributed by atoms with Crippen molar-refractivity contribution in [3.05, 3.63) is 12.2 Å². The van der Waals surface area contributed by atoms with Crippen molar-refractivity contribution in [1.29, 1.82) is 0 Å². The minimum absolute atomic E-state index is 0. The van der Waals surface area contributed by atoms with Crippen LogP contribution in [-0.2, 0) is 47.1 Å². The number of ketones is 1. The molecule has 2 spiro atoms. The maximum Gasteiger partial charge on any atom is 1.00 e. The minimum Gasteiger partial charge on any atom is -0.756 e. The molecule has 5 aliphatic heterocycles. The largest absolute Gasteiger partial charge is 1.00 e. The Hall–Kier alpha value is 0.306. The van der Waals surface area contributed by atoms with Crippen LogP contribution in [0.25, 0.3) is 0 Å². The number of rotatable bonds is 16. The zero-order valence-corrected chi connectivity index (χ0v) is 41.8. The summed E-state index contributed by atoms with van der Waals surface area (Å²) in [5.74, 6) is -6.96. The first kappa shape index (κ1) is 52.9. The Kier molecular flexibility index (Phi) is 18.4. The third kappa shape index (κ3) is 11.1. The van der Waals surface area contributed by atoms with Gasteiger partial charge in [-0.1, -0.05) is 55.4 Å². The van der Waals surface area contributed by atoms with Crippen molar-refractivity contribution in [1.82, 2.24) is 0 Å². The first-order valence-corrected chi connectivity index (χ1v) is 23.5. The van der Waals surface area contributed by atoms with Crippen LogP contribution >= 0.6 is 7.82 Å². The maximum absolute atomic E-state index is 14.9. The summed E-state index contributed by atoms with van der Waals surface area (Å²) >= 11 is 0. The van der Waals surface area contributed by atoms with Crippen LogP contribution < -0.4 is 56.3 Å². The molecule has 15 nitrogen and oxygen atoms in total. The summed E-state index contributed by atoms with van der Waals surface area (Å²) in [6.07, 6.45) is 4.22. The Bertz CT molecular complexity index is 1550. The number of carboxylic acid groups (broad SMARTS) is 1. The molecule has 340 valence electrons. The molecule has 0 saturated carbocycles. The summed E-state index contributed by atoms with van der Waals surface area (Å²) in [5, 5.41) is 32.5. The number of aliphatic hydroxyl groups excluding tert-OH is 1. The minimum atomic E-state index is -5.15. The number of carbonyl (C=O) groups is 2. The summed E-state index contributed by atoms with van der Waals surface area (Å²) in [6, 6.07) is 0. The van der Waals surface area contributed by atoms with Gasteiger partial charge in [-0.15, -0.1) is 0 Å². The molecule has 19 atom stereocenters. The molecule has 4 fully saturated rings. The van der Waals surface area contributed by atoms with Crippen LogP contribution in [0.5, 0.6) is 0 Å². The van der Waals surface area contributed by atoms with Gasteiger partial charge in [0.05, 0.1) is 53.7 Å². The number of phosphoric acid groups is 1. The van der Waals surface area contributed by atoms with E-state index < -0.39 is 104 Å². The van der Waals surface area contributed by atoms with Crippen molar-refractivity contribution in [3.63, 3.8) is 0 Å². The van der Waals surface area contributed by atoms with E-state index in [1.807, 2.05) is 55.4 Å². The zero-order chi connectivity index (χ0) is 43.9. The summed E-state index contributed by atoms with van der Waals surface area (Å²) in [5.41, 5.74) is -1.73. The van der Waals surface area contributed by atoms with E-state index in [-0.39, 0.29) is 81.0 Å². The number of carboxylic acids is 1. The van der Waals surface area contributed by atoms with Gasteiger partial charge in [0.2, 0.25) is 5.79 Å². The van der Waals surface area contributed by atoms with Gasteiger partial charge in [-0.2, -0.15) is 0 Å². The average molecular weight is 899 g/mol. The number of phosphoric ester groups is 1. The van der Waals surface area contributed by atoms with E-state index in [1.54, 1.807) is 26.0 Å². The standard InChI is InChI=1S/C43H73O15P.K/c1-11-30(39(46)47)32-15-14-24(4)36(55-32)28(8)38(52-23-53-59(49,50)51)27(7)35(45)31(12-2)37-25(5)22-26(6)42(56-37)19-16-33(44)43(58-42)21-20-40(10,57-43)34-17-18-41(48,13-3)29(9)54-34;/h16,19,24-34,36-38,44,48H,11-15,17-18,20-23H2,1-10H3,(H,46,47)(H2,49,50,51);/q;+1/p-1/t24-,25+,26-,27+,28+,29+,30+,31?,32?,33-,34-,36+,37+,38+,40+,41-,42-,43-;/m1./s1. The van der Waals surface area contributed by atoms with Crippen molar-refractivity contribution in [2.75, 3.05) is 6.79 Å². The quantitative estimate of drug-likeness (QED) is 0.0758. The van der Waals surface area contributed by atoms with E-state index in [1.165, 1.54) is 0 Å². The fourth-order valence-corrected chi connectivity index (χ4v) is 11.1. The Balaban J connectivity index is 0.00000794. The number of hydrogen-bond acceptors (Lipinski definition) is 13. The van der Waals surface area contributed by atoms with Crippen LogP contribution in [0.3, 0.4) is 0 Å². The molecule has 60 heavy (non-hydrogen) atoms. The molecule has 5 rings (SSSR count). The van der Waals surface area contributed by atoms with E-state index >= 15 is 0 Å². The first-order chi connectivity index (χ1) is 27.5. The van der Waals surface area contributed by atoms with Gasteiger partial charge in [0.25, 0.3) is 7.82 Å². The van der Waals surface area contributed by atoms with Crippen molar-refractivity contribution >= 4 is 19.6 Å². The fourth-order valence-electron chi connectivity index (χ4n) is 10.9. The first-order valence-electron chi connectivity index (χ1n) is 22.0. The van der Waals surface area contributed by atoms with Crippen LogP contribution in [0.1, 0.15) is 133 Å². The second kappa shape index (κ2) is 20.9. The van der Waals surface area contributed by atoms with Crippen LogP contribution in [0.4, 0.5) is 0 Å². The third-order valence-corrected chi connectivity index (χ3v) is 15.3. The summed E-state index contributed by atoms with van der Waals surface area (Å²) in [7, 11) is -5.15. The predicted molar refractivity (Wildman–Crippen MR) is 213 cm³/mol. The van der Waals surface area contributed by atoms with Gasteiger partial charge in [-0.3, -0.25) is 18.7 Å². The van der Waals surface area contributed by atoms with Crippen LogP contribution in [0, 0.1) is 41.4 Å². The van der Waals surface area contributed by atoms with E-state index in [4.69, 9.17) is 28.4 Å². The average Bonchev–Trinajstić information content (AvgIpc) is 3.52. The number of Topliss-reactive ketones (excluding diaryl/α,β-unsaturated/α-hetero) is 1. The van der Waals surface area contributed by atoms with Crippen molar-refractivity contribution in [3.8, 4) is 0 Å². The van der Waals surface area contributed by atoms with E-state index in [0.29, 0.717) is 64.2 Å². The molecule has 0 aliphatic carbocycles. The van der Waals surface area contributed by atoms with Gasteiger partial charge >= 0.3 is 57.4 Å². The smallest absolute Gasteiger partial charge is 0.756 e. The fraction of sp³-hybridized carbons (Fsp3) is 0.907. The molecule has 0 aromatic rings. The zero-order valence-electron chi connectivity index (χ0n) is 37.7. The van der Waals surface area contributed by atoms with Crippen LogP contribution in [0.15, 0.2) is 12.2 Å². The molecule has 4 saturated heterocycles. The monoisotopic (exact) mass is 898 g/mol. The van der Waals surface area contributed by atoms with Gasteiger partial charge in [-0.05, 0) is 95.6 Å². The third-order valence-electron chi connectivity index (χ3n) is 14.9. The molecular formula is C43H72KO15P. The molecule has 5 aliphatic rings. The number of aliphatic hydroxyl groups is 2. The van der Waals surface area contributed by atoms with Crippen molar-refractivity contribution in [2.45, 2.75) is 199 Å². The van der Waals surface area contributed by atoms with E-state index in [2.05, 4.69) is 4.52 Å². The Morgan fingerprint density at radius 2 is 1.62 bits per heavy atom. The number of carbonyl (C=O) groups excluding carboxylic acids is 1. The summed E-state index contributed by atoms with van der Waals surface area (Å²) in [4.78, 5) is 47.9. The molecule has 0 radical (unpaired) electrons. The Morgan fingerprint density at radius 1 is 0.950 bits per heavy atom. The number of hydrogen-bond donors (Lipinski definition) is 4. The van der Waals surface area contributed by atoms with Gasteiger partial charge in [-0.25, -0.2) is 0 Å². The van der Waals surface area contributed by atoms with Crippen molar-refractivity contribution < 1.29 is 124 Å². The van der Waals surface area contributed by atoms with Crippen LogP contribution in [-0.4, -0.2) is 104 Å². The molecule has 17 heteroatoms.